The van der Waals surface area contributed by atoms with E-state index in [2.05, 4.69) is 0 Å². The Morgan fingerprint density at radius 2 is 1.23 bits per heavy atom. The van der Waals surface area contributed by atoms with Crippen molar-refractivity contribution in [2.24, 2.45) is 0 Å². The summed E-state index contributed by atoms with van der Waals surface area (Å²) in [5.41, 5.74) is 1.75. The van der Waals surface area contributed by atoms with Crippen molar-refractivity contribution in [1.29, 1.82) is 0 Å². The second-order valence-corrected chi connectivity index (χ2v) is 8.01. The van der Waals surface area contributed by atoms with Crippen LogP contribution in [0.5, 0.6) is 0 Å². The molecular weight excluding hydrogens is 346 g/mol. The standard InChI is InChI=1S/C21H19NO3S/c23-26(24,19-14-8-3-9-15-19)22-20(17-10-4-1-5-11-17)16-25-21(22)18-12-6-2-7-13-18/h1-15,20-21H,16H2. The van der Waals surface area contributed by atoms with E-state index in [1.54, 1.807) is 24.3 Å². The lowest BCUT2D eigenvalue weighted by atomic mass is 10.1. The molecule has 1 aliphatic heterocycles. The fourth-order valence-electron chi connectivity index (χ4n) is 3.28. The van der Waals surface area contributed by atoms with Crippen molar-refractivity contribution in [3.05, 3.63) is 102 Å². The summed E-state index contributed by atoms with van der Waals surface area (Å²) in [5.74, 6) is 0. The van der Waals surface area contributed by atoms with Crippen LogP contribution in [0.1, 0.15) is 23.4 Å². The first-order valence-electron chi connectivity index (χ1n) is 8.48. The van der Waals surface area contributed by atoms with Crippen molar-refractivity contribution < 1.29 is 13.2 Å². The number of ether oxygens (including phenoxy) is 1. The second-order valence-electron chi connectivity index (χ2n) is 6.17. The number of rotatable bonds is 4. The Morgan fingerprint density at radius 3 is 1.81 bits per heavy atom. The van der Waals surface area contributed by atoms with Gasteiger partial charge in [-0.3, -0.25) is 0 Å². The van der Waals surface area contributed by atoms with Gasteiger partial charge in [-0.05, 0) is 23.3 Å². The molecule has 5 heteroatoms. The van der Waals surface area contributed by atoms with E-state index in [1.165, 1.54) is 4.31 Å². The number of hydrogen-bond donors (Lipinski definition) is 0. The Morgan fingerprint density at radius 1 is 0.731 bits per heavy atom. The molecule has 1 aliphatic rings. The van der Waals surface area contributed by atoms with Gasteiger partial charge in [-0.15, -0.1) is 0 Å². The van der Waals surface area contributed by atoms with Crippen molar-refractivity contribution in [3.63, 3.8) is 0 Å². The minimum atomic E-state index is -3.73. The molecule has 0 N–H and O–H groups in total. The summed E-state index contributed by atoms with van der Waals surface area (Å²) >= 11 is 0. The first kappa shape index (κ1) is 17.0. The van der Waals surface area contributed by atoms with Crippen LogP contribution in [-0.2, 0) is 14.8 Å². The molecule has 0 aliphatic carbocycles. The summed E-state index contributed by atoms with van der Waals surface area (Å²) in [5, 5.41) is 0. The Bertz CT molecular complexity index is 912. The van der Waals surface area contributed by atoms with Gasteiger partial charge in [0.15, 0.2) is 6.23 Å². The maximum atomic E-state index is 13.4. The minimum Gasteiger partial charge on any atom is -0.356 e. The zero-order chi connectivity index (χ0) is 18.0. The molecule has 132 valence electrons. The van der Waals surface area contributed by atoms with Gasteiger partial charge in [-0.25, -0.2) is 8.42 Å². The molecule has 0 aromatic heterocycles. The van der Waals surface area contributed by atoms with Crippen LogP contribution in [0.25, 0.3) is 0 Å². The van der Waals surface area contributed by atoms with Crippen molar-refractivity contribution in [1.82, 2.24) is 4.31 Å². The summed E-state index contributed by atoms with van der Waals surface area (Å²) in [6.07, 6.45) is -0.647. The van der Waals surface area contributed by atoms with Crippen LogP contribution >= 0.6 is 0 Å². The van der Waals surface area contributed by atoms with Gasteiger partial charge in [0.05, 0.1) is 17.5 Å². The monoisotopic (exact) mass is 365 g/mol. The number of nitrogens with zero attached hydrogens (tertiary/aromatic N) is 1. The molecule has 3 aromatic carbocycles. The predicted molar refractivity (Wildman–Crippen MR) is 99.8 cm³/mol. The average Bonchev–Trinajstić information content (AvgIpc) is 3.16. The van der Waals surface area contributed by atoms with Gasteiger partial charge in [-0.1, -0.05) is 78.9 Å². The number of benzene rings is 3. The van der Waals surface area contributed by atoms with Crippen LogP contribution in [0.4, 0.5) is 0 Å². The van der Waals surface area contributed by atoms with Crippen molar-refractivity contribution in [3.8, 4) is 0 Å². The van der Waals surface area contributed by atoms with E-state index < -0.39 is 16.3 Å². The lowest BCUT2D eigenvalue weighted by molar-refractivity contribution is 0.0681. The van der Waals surface area contributed by atoms with Gasteiger partial charge in [0.2, 0.25) is 10.0 Å². The molecule has 26 heavy (non-hydrogen) atoms. The number of sulfonamides is 1. The smallest absolute Gasteiger partial charge is 0.246 e. The zero-order valence-corrected chi connectivity index (χ0v) is 14.9. The SMILES string of the molecule is O=S(=O)(c1ccccc1)N1C(c2ccccc2)COC1c1ccccc1. The third-order valence-electron chi connectivity index (χ3n) is 4.54. The first-order valence-corrected chi connectivity index (χ1v) is 9.92. The van der Waals surface area contributed by atoms with E-state index in [0.29, 0.717) is 6.61 Å². The maximum absolute atomic E-state index is 13.4. The lowest BCUT2D eigenvalue weighted by Crippen LogP contribution is -2.33. The highest BCUT2D eigenvalue weighted by Gasteiger charge is 2.44. The van der Waals surface area contributed by atoms with E-state index in [1.807, 2.05) is 66.7 Å². The topological polar surface area (TPSA) is 46.6 Å². The number of hydrogen-bond acceptors (Lipinski definition) is 3. The summed E-state index contributed by atoms with van der Waals surface area (Å²) in [7, 11) is -3.73. The summed E-state index contributed by atoms with van der Waals surface area (Å²) in [4.78, 5) is 0.271. The fourth-order valence-corrected chi connectivity index (χ4v) is 4.98. The normalized spacial score (nSPS) is 20.9. The van der Waals surface area contributed by atoms with Crippen LogP contribution in [0.15, 0.2) is 95.9 Å². The van der Waals surface area contributed by atoms with Crippen molar-refractivity contribution in [2.45, 2.75) is 17.2 Å². The third kappa shape index (κ3) is 3.05. The van der Waals surface area contributed by atoms with Gasteiger partial charge < -0.3 is 4.74 Å². The van der Waals surface area contributed by atoms with Gasteiger partial charge in [0, 0.05) is 0 Å². The van der Waals surface area contributed by atoms with Crippen LogP contribution in [-0.4, -0.2) is 19.3 Å². The van der Waals surface area contributed by atoms with Crippen LogP contribution in [0.3, 0.4) is 0 Å². The van der Waals surface area contributed by atoms with Gasteiger partial charge in [0.1, 0.15) is 0 Å². The fraction of sp³-hybridized carbons (Fsp3) is 0.143. The zero-order valence-electron chi connectivity index (χ0n) is 14.1. The maximum Gasteiger partial charge on any atom is 0.246 e. The van der Waals surface area contributed by atoms with Gasteiger partial charge in [-0.2, -0.15) is 4.31 Å². The highest BCUT2D eigenvalue weighted by molar-refractivity contribution is 7.89. The molecule has 0 amide bonds. The van der Waals surface area contributed by atoms with Crippen molar-refractivity contribution in [2.75, 3.05) is 6.61 Å². The third-order valence-corrected chi connectivity index (χ3v) is 6.41. The molecule has 0 radical (unpaired) electrons. The summed E-state index contributed by atoms with van der Waals surface area (Å²) < 4.78 is 34.4. The average molecular weight is 365 g/mol. The summed E-state index contributed by atoms with van der Waals surface area (Å²) in [6.45, 7) is 0.315. The molecular formula is C21H19NO3S. The highest BCUT2D eigenvalue weighted by atomic mass is 32.2. The molecule has 4 rings (SSSR count). The quantitative estimate of drug-likeness (QED) is 0.698. The minimum absolute atomic E-state index is 0.271. The molecule has 1 fully saturated rings. The van der Waals surface area contributed by atoms with E-state index >= 15 is 0 Å². The van der Waals surface area contributed by atoms with Gasteiger partial charge >= 0.3 is 0 Å². The van der Waals surface area contributed by atoms with E-state index in [0.717, 1.165) is 11.1 Å². The lowest BCUT2D eigenvalue weighted by Gasteiger charge is -2.28. The van der Waals surface area contributed by atoms with Crippen LogP contribution in [0.2, 0.25) is 0 Å². The Kier molecular flexibility index (Phi) is 4.59. The molecule has 0 spiro atoms. The molecule has 2 atom stereocenters. The largest absolute Gasteiger partial charge is 0.356 e. The van der Waals surface area contributed by atoms with Crippen LogP contribution in [0, 0.1) is 0 Å². The Labute approximate surface area is 153 Å². The second kappa shape index (κ2) is 7.03. The van der Waals surface area contributed by atoms with E-state index in [4.69, 9.17) is 4.74 Å². The molecule has 0 saturated carbocycles. The van der Waals surface area contributed by atoms with Gasteiger partial charge in [0.25, 0.3) is 0 Å². The molecule has 0 bridgehead atoms. The Hall–Kier alpha value is -2.47. The summed E-state index contributed by atoms with van der Waals surface area (Å²) in [6, 6.07) is 27.3. The molecule has 1 saturated heterocycles. The molecule has 2 unspecified atom stereocenters. The molecule has 4 nitrogen and oxygen atoms in total. The van der Waals surface area contributed by atoms with E-state index in [-0.39, 0.29) is 10.9 Å². The highest BCUT2D eigenvalue weighted by Crippen LogP contribution is 2.42. The first-order chi connectivity index (χ1) is 12.7. The Balaban J connectivity index is 1.83. The molecule has 3 aromatic rings. The van der Waals surface area contributed by atoms with Crippen LogP contribution < -0.4 is 0 Å². The predicted octanol–water partition coefficient (Wildman–Crippen LogP) is 4.15. The van der Waals surface area contributed by atoms with Crippen molar-refractivity contribution >= 4 is 10.0 Å². The van der Waals surface area contributed by atoms with E-state index in [9.17, 15) is 8.42 Å². The molecule has 1 heterocycles.